The Morgan fingerprint density at radius 2 is 1.88 bits per heavy atom. The van der Waals surface area contributed by atoms with Gasteiger partial charge in [-0.2, -0.15) is 0 Å². The summed E-state index contributed by atoms with van der Waals surface area (Å²) in [6.45, 7) is 3.92. The van der Waals surface area contributed by atoms with Crippen molar-refractivity contribution >= 4 is 11.6 Å². The molecule has 1 N–H and O–H groups in total. The third-order valence-corrected chi connectivity index (χ3v) is 2.53. The summed E-state index contributed by atoms with van der Waals surface area (Å²) in [5, 5.41) is 2.87. The minimum absolute atomic E-state index is 0.218. The summed E-state index contributed by atoms with van der Waals surface area (Å²) in [5.74, 6) is -0.218. The van der Waals surface area contributed by atoms with Gasteiger partial charge in [0, 0.05) is 11.9 Å². The van der Waals surface area contributed by atoms with Crippen LogP contribution in [0.3, 0.4) is 0 Å². The standard InChI is InChI=1S/C13H13N3O/c1-9-4-3-5-10(2)12(9)16-13(17)11-6-7-14-8-15-11/h3-8H,1-2H3,(H,16,17). The van der Waals surface area contributed by atoms with E-state index in [1.165, 1.54) is 6.33 Å². The highest BCUT2D eigenvalue weighted by molar-refractivity contribution is 6.03. The second-order valence-electron chi connectivity index (χ2n) is 3.82. The molecule has 1 aromatic heterocycles. The number of benzene rings is 1. The number of aryl methyl sites for hydroxylation is 2. The van der Waals surface area contributed by atoms with Crippen LogP contribution in [0, 0.1) is 13.8 Å². The van der Waals surface area contributed by atoms with Crippen LogP contribution in [0.1, 0.15) is 21.6 Å². The molecular weight excluding hydrogens is 214 g/mol. The van der Waals surface area contributed by atoms with E-state index in [1.807, 2.05) is 32.0 Å². The molecule has 4 heteroatoms. The second kappa shape index (κ2) is 4.74. The number of nitrogens with one attached hydrogen (secondary N) is 1. The molecule has 0 spiro atoms. The Hall–Kier alpha value is -2.23. The molecule has 0 aliphatic carbocycles. The lowest BCUT2D eigenvalue weighted by atomic mass is 10.1. The zero-order valence-electron chi connectivity index (χ0n) is 9.77. The van der Waals surface area contributed by atoms with Gasteiger partial charge in [-0.3, -0.25) is 4.79 Å². The average Bonchev–Trinajstić information content (AvgIpc) is 2.35. The Morgan fingerprint density at radius 1 is 1.18 bits per heavy atom. The molecule has 1 amide bonds. The second-order valence-corrected chi connectivity index (χ2v) is 3.82. The molecule has 0 unspecified atom stereocenters. The molecule has 0 fully saturated rings. The predicted octanol–water partition coefficient (Wildman–Crippen LogP) is 2.35. The molecular formula is C13H13N3O. The molecule has 0 bridgehead atoms. The number of hydrogen-bond acceptors (Lipinski definition) is 3. The minimum atomic E-state index is -0.218. The Morgan fingerprint density at radius 3 is 2.47 bits per heavy atom. The van der Waals surface area contributed by atoms with Crippen LogP contribution < -0.4 is 5.32 Å². The topological polar surface area (TPSA) is 54.9 Å². The van der Waals surface area contributed by atoms with Crippen molar-refractivity contribution in [3.63, 3.8) is 0 Å². The lowest BCUT2D eigenvalue weighted by molar-refractivity contribution is 0.102. The summed E-state index contributed by atoms with van der Waals surface area (Å²) in [5.41, 5.74) is 3.28. The molecule has 1 heterocycles. The number of aromatic nitrogens is 2. The Kier molecular flexibility index (Phi) is 3.14. The van der Waals surface area contributed by atoms with Gasteiger partial charge in [0.25, 0.3) is 5.91 Å². The van der Waals surface area contributed by atoms with Crippen LogP contribution in [0.15, 0.2) is 36.8 Å². The number of carbonyl (C=O) groups excluding carboxylic acids is 1. The van der Waals surface area contributed by atoms with Gasteiger partial charge >= 0.3 is 0 Å². The molecule has 0 radical (unpaired) electrons. The van der Waals surface area contributed by atoms with Crippen LogP contribution in [0.5, 0.6) is 0 Å². The highest BCUT2D eigenvalue weighted by atomic mass is 16.1. The number of hydrogen-bond donors (Lipinski definition) is 1. The maximum Gasteiger partial charge on any atom is 0.274 e. The fourth-order valence-electron chi connectivity index (χ4n) is 1.61. The normalized spacial score (nSPS) is 10.0. The molecule has 17 heavy (non-hydrogen) atoms. The van der Waals surface area contributed by atoms with Crippen LogP contribution in [-0.4, -0.2) is 15.9 Å². The van der Waals surface area contributed by atoms with E-state index in [4.69, 9.17) is 0 Å². The smallest absolute Gasteiger partial charge is 0.274 e. The quantitative estimate of drug-likeness (QED) is 0.856. The zero-order chi connectivity index (χ0) is 12.3. The van der Waals surface area contributed by atoms with Crippen LogP contribution in [0.2, 0.25) is 0 Å². The van der Waals surface area contributed by atoms with Crippen LogP contribution in [0.4, 0.5) is 5.69 Å². The first-order chi connectivity index (χ1) is 8.18. The van der Waals surface area contributed by atoms with E-state index in [2.05, 4.69) is 15.3 Å². The van der Waals surface area contributed by atoms with E-state index >= 15 is 0 Å². The number of amides is 1. The first kappa shape index (κ1) is 11.3. The van der Waals surface area contributed by atoms with E-state index in [0.29, 0.717) is 5.69 Å². The molecule has 0 saturated heterocycles. The molecule has 2 aromatic rings. The van der Waals surface area contributed by atoms with Crippen LogP contribution >= 0.6 is 0 Å². The summed E-state index contributed by atoms with van der Waals surface area (Å²) in [4.78, 5) is 19.6. The van der Waals surface area contributed by atoms with E-state index in [0.717, 1.165) is 16.8 Å². The average molecular weight is 227 g/mol. The number of carbonyl (C=O) groups is 1. The number of rotatable bonds is 2. The molecule has 1 aromatic carbocycles. The van der Waals surface area contributed by atoms with Crippen molar-refractivity contribution in [2.75, 3.05) is 5.32 Å². The molecule has 0 saturated carbocycles. The fourth-order valence-corrected chi connectivity index (χ4v) is 1.61. The van der Waals surface area contributed by atoms with Crippen molar-refractivity contribution < 1.29 is 4.79 Å². The van der Waals surface area contributed by atoms with E-state index in [1.54, 1.807) is 12.3 Å². The predicted molar refractivity (Wildman–Crippen MR) is 65.9 cm³/mol. The largest absolute Gasteiger partial charge is 0.320 e. The highest BCUT2D eigenvalue weighted by Crippen LogP contribution is 2.19. The molecule has 2 rings (SSSR count). The summed E-state index contributed by atoms with van der Waals surface area (Å²) in [6.07, 6.45) is 2.91. The van der Waals surface area contributed by atoms with Gasteiger partial charge in [0.2, 0.25) is 0 Å². The SMILES string of the molecule is Cc1cccc(C)c1NC(=O)c1ccncn1. The number of nitrogens with zero attached hydrogens (tertiary/aromatic N) is 2. The van der Waals surface area contributed by atoms with Gasteiger partial charge in [-0.15, -0.1) is 0 Å². The Labute approximate surface area is 99.7 Å². The van der Waals surface area contributed by atoms with E-state index < -0.39 is 0 Å². The van der Waals surface area contributed by atoms with Gasteiger partial charge in [0.05, 0.1) is 0 Å². The van der Waals surface area contributed by atoms with Crippen molar-refractivity contribution in [2.24, 2.45) is 0 Å². The van der Waals surface area contributed by atoms with Gasteiger partial charge in [-0.1, -0.05) is 18.2 Å². The molecule has 4 nitrogen and oxygen atoms in total. The third kappa shape index (κ3) is 2.47. The first-order valence-corrected chi connectivity index (χ1v) is 5.32. The van der Waals surface area contributed by atoms with Gasteiger partial charge in [0.1, 0.15) is 12.0 Å². The summed E-state index contributed by atoms with van der Waals surface area (Å²) >= 11 is 0. The van der Waals surface area contributed by atoms with E-state index in [-0.39, 0.29) is 5.91 Å². The van der Waals surface area contributed by atoms with Crippen LogP contribution in [0.25, 0.3) is 0 Å². The highest BCUT2D eigenvalue weighted by Gasteiger charge is 2.09. The third-order valence-electron chi connectivity index (χ3n) is 2.53. The maximum atomic E-state index is 11.9. The van der Waals surface area contributed by atoms with E-state index in [9.17, 15) is 4.79 Å². The van der Waals surface area contributed by atoms with Crippen molar-refractivity contribution in [1.82, 2.24) is 9.97 Å². The lowest BCUT2D eigenvalue weighted by Crippen LogP contribution is -2.15. The van der Waals surface area contributed by atoms with Crippen molar-refractivity contribution in [3.8, 4) is 0 Å². The van der Waals surface area contributed by atoms with Crippen molar-refractivity contribution in [1.29, 1.82) is 0 Å². The molecule has 0 aliphatic rings. The molecule has 0 aliphatic heterocycles. The van der Waals surface area contributed by atoms with Gasteiger partial charge in [-0.05, 0) is 31.0 Å². The maximum absolute atomic E-state index is 11.9. The van der Waals surface area contributed by atoms with Crippen molar-refractivity contribution in [2.45, 2.75) is 13.8 Å². The van der Waals surface area contributed by atoms with Gasteiger partial charge < -0.3 is 5.32 Å². The number of para-hydroxylation sites is 1. The van der Waals surface area contributed by atoms with Gasteiger partial charge in [-0.25, -0.2) is 9.97 Å². The summed E-state index contributed by atoms with van der Waals surface area (Å²) < 4.78 is 0. The van der Waals surface area contributed by atoms with Crippen LogP contribution in [-0.2, 0) is 0 Å². The molecule has 86 valence electrons. The summed E-state index contributed by atoms with van der Waals surface area (Å²) in [7, 11) is 0. The Balaban J connectivity index is 2.25. The number of anilines is 1. The monoisotopic (exact) mass is 227 g/mol. The summed E-state index contributed by atoms with van der Waals surface area (Å²) in [6, 6.07) is 7.47. The first-order valence-electron chi connectivity index (χ1n) is 5.32. The fraction of sp³-hybridized carbons (Fsp3) is 0.154. The van der Waals surface area contributed by atoms with Crippen molar-refractivity contribution in [3.05, 3.63) is 53.6 Å². The minimum Gasteiger partial charge on any atom is -0.320 e. The Bertz CT molecular complexity index is 517. The lowest BCUT2D eigenvalue weighted by Gasteiger charge is -2.10. The van der Waals surface area contributed by atoms with Gasteiger partial charge in [0.15, 0.2) is 0 Å². The molecule has 0 atom stereocenters. The zero-order valence-corrected chi connectivity index (χ0v) is 9.77.